The van der Waals surface area contributed by atoms with Gasteiger partial charge in [0.2, 0.25) is 0 Å². The van der Waals surface area contributed by atoms with Gasteiger partial charge in [-0.15, -0.1) is 0 Å². The average molecular weight is 538 g/mol. The zero-order valence-electron chi connectivity index (χ0n) is 21.1. The Balaban J connectivity index is 0.000000340. The molecule has 1 aromatic heterocycles. The number of H-pyrrole nitrogens is 1. The molecule has 0 amide bonds. The summed E-state index contributed by atoms with van der Waals surface area (Å²) in [6, 6.07) is 6.49. The van der Waals surface area contributed by atoms with E-state index in [9.17, 15) is 4.79 Å². The maximum absolute atomic E-state index is 11.0. The Hall–Kier alpha value is -0.804. The molecular formula is C27H33ClKN3O2S-2. The topological polar surface area (TPSA) is 81.0 Å². The van der Waals surface area contributed by atoms with Crippen LogP contribution in [0.2, 0.25) is 0 Å². The zero-order valence-corrected chi connectivity index (χ0v) is 25.8. The summed E-state index contributed by atoms with van der Waals surface area (Å²) in [5.74, 6) is 1.57. The van der Waals surface area contributed by atoms with Crippen molar-refractivity contribution in [1.29, 1.82) is 0 Å². The van der Waals surface area contributed by atoms with Crippen LogP contribution in [0.15, 0.2) is 68.6 Å². The van der Waals surface area contributed by atoms with Gasteiger partial charge in [0.1, 0.15) is 5.75 Å². The minimum atomic E-state index is -0.391. The molecule has 0 saturated carbocycles. The van der Waals surface area contributed by atoms with Gasteiger partial charge in [0.25, 0.3) is 0 Å². The molecule has 8 heteroatoms. The fourth-order valence-corrected chi connectivity index (χ4v) is 5.38. The smallest absolute Gasteiger partial charge is 0.497 e. The van der Waals surface area contributed by atoms with Gasteiger partial charge in [-0.2, -0.15) is 12.8 Å². The number of ether oxygens (including phenoxy) is 1. The van der Waals surface area contributed by atoms with Gasteiger partial charge in [0, 0.05) is 15.6 Å². The molecule has 1 atom stereocenters. The quantitative estimate of drug-likeness (QED) is 0.234. The van der Waals surface area contributed by atoms with Crippen molar-refractivity contribution in [3.63, 3.8) is 0 Å². The van der Waals surface area contributed by atoms with Gasteiger partial charge in [-0.05, 0) is 48.9 Å². The maximum atomic E-state index is 11.0. The number of methoxy groups -OCH3 is 1. The second kappa shape index (κ2) is 15.4. The second-order valence-corrected chi connectivity index (χ2v) is 9.52. The van der Waals surface area contributed by atoms with Crippen LogP contribution < -0.4 is 67.4 Å². The Morgan fingerprint density at radius 1 is 1.46 bits per heavy atom. The average Bonchev–Trinajstić information content (AvgIpc) is 3.16. The third kappa shape index (κ3) is 8.35. The Labute approximate surface area is 261 Å². The van der Waals surface area contributed by atoms with Crippen LogP contribution in [0.3, 0.4) is 0 Å². The van der Waals surface area contributed by atoms with Crippen LogP contribution in [0.4, 0.5) is 0 Å². The van der Waals surface area contributed by atoms with Crippen molar-refractivity contribution in [3.05, 3.63) is 100 Å². The second-order valence-electron chi connectivity index (χ2n) is 8.06. The fraction of sp³-hybridized carbons (Fsp3) is 0.333. The number of allylic oxidation sites excluding steroid dienone is 3. The minimum absolute atomic E-state index is 0. The molecule has 3 rings (SSSR count). The van der Waals surface area contributed by atoms with Gasteiger partial charge in [-0.3, -0.25) is 4.79 Å². The van der Waals surface area contributed by atoms with Gasteiger partial charge in [0.15, 0.2) is 5.56 Å². The molecule has 2 aromatic rings. The summed E-state index contributed by atoms with van der Waals surface area (Å²) in [6.45, 7) is 16.0. The normalized spacial score (nSPS) is 16.5. The summed E-state index contributed by atoms with van der Waals surface area (Å²) in [7, 11) is 1.73. The van der Waals surface area contributed by atoms with Crippen molar-refractivity contribution in [2.75, 3.05) is 7.11 Å². The Kier molecular flexibility index (Phi) is 14.2. The molecule has 5 nitrogen and oxygen atoms in total. The molecule has 3 N–H and O–H groups in total. The molecule has 0 fully saturated rings. The van der Waals surface area contributed by atoms with Crippen LogP contribution in [0.25, 0.3) is 0 Å². The number of benzene rings is 1. The number of rotatable bonds is 8. The molecule has 1 aliphatic rings. The van der Waals surface area contributed by atoms with E-state index in [2.05, 4.69) is 61.7 Å². The number of nitrogens with two attached hydrogens (primary N) is 1. The fourth-order valence-electron chi connectivity index (χ4n) is 4.29. The standard InChI is InChI=1S/C16H22O.C11H11ClN3OS.K/c1-5-15-14-9-8-13(17-4)10-12(14)11-16(15,6-2)7-3;1-3-4-8(11(12)7(2)13)17-10-6-14-5-9(16)15-10;/h8-10,15H,2-3,5-7,11H2,1,4H3;3-4,6H,2,13H2,1H3,(H,15,16);/q-2;-1;+1/b;4-3-,11-8-;/t15-;;/m1../s1. The van der Waals surface area contributed by atoms with Gasteiger partial charge in [-0.25, -0.2) is 0 Å². The zero-order chi connectivity index (χ0) is 25.3. The summed E-state index contributed by atoms with van der Waals surface area (Å²) < 4.78 is 5.31. The number of nitrogens with one attached hydrogen (secondary N) is 1. The molecule has 0 aliphatic heterocycles. The monoisotopic (exact) mass is 537 g/mol. The predicted octanol–water partition coefficient (Wildman–Crippen LogP) is 3.34. The Bertz CT molecular complexity index is 1110. The molecule has 1 heterocycles. The van der Waals surface area contributed by atoms with Crippen molar-refractivity contribution in [2.24, 2.45) is 11.1 Å². The van der Waals surface area contributed by atoms with Crippen molar-refractivity contribution >= 4 is 23.4 Å². The molecule has 0 bridgehead atoms. The van der Waals surface area contributed by atoms with Gasteiger partial charge in [-0.1, -0.05) is 72.9 Å². The van der Waals surface area contributed by atoms with E-state index in [0.717, 1.165) is 25.0 Å². The van der Waals surface area contributed by atoms with Gasteiger partial charge >= 0.3 is 51.4 Å². The van der Waals surface area contributed by atoms with E-state index in [1.54, 1.807) is 13.2 Å². The number of thioether (sulfide) groups is 1. The molecule has 184 valence electrons. The van der Waals surface area contributed by atoms with Crippen LogP contribution >= 0.6 is 23.4 Å². The van der Waals surface area contributed by atoms with E-state index >= 15 is 0 Å². The Morgan fingerprint density at radius 3 is 2.66 bits per heavy atom. The molecule has 0 unspecified atom stereocenters. The van der Waals surface area contributed by atoms with Crippen LogP contribution in [0.1, 0.15) is 50.2 Å². The SMILES string of the molecule is C=C(N)/C(Cl)=C(\C=C/C)Sc1cn[c-]c(=O)[nH]1.[CH2-]CC1(C[CH2-])Cc2cc(OC)ccc2[C@H]1CC.[K+]. The van der Waals surface area contributed by atoms with Crippen LogP contribution in [-0.4, -0.2) is 17.1 Å². The first-order chi connectivity index (χ1) is 16.2. The molecule has 35 heavy (non-hydrogen) atoms. The van der Waals surface area contributed by atoms with Crippen molar-refractivity contribution in [2.45, 2.75) is 50.5 Å². The molecular weight excluding hydrogens is 505 g/mol. The summed E-state index contributed by atoms with van der Waals surface area (Å²) in [5, 5.41) is 0.906. The van der Waals surface area contributed by atoms with Gasteiger partial charge < -0.3 is 34.3 Å². The summed E-state index contributed by atoms with van der Waals surface area (Å²) in [6.07, 6.45) is 11.5. The van der Waals surface area contributed by atoms with Crippen LogP contribution in [0.5, 0.6) is 5.75 Å². The molecule has 0 saturated heterocycles. The van der Waals surface area contributed by atoms with Crippen LogP contribution in [-0.2, 0) is 6.42 Å². The number of fused-ring (bicyclic) bond motifs is 1. The molecule has 1 aromatic carbocycles. The maximum Gasteiger partial charge on any atom is 1.00 e. The summed E-state index contributed by atoms with van der Waals surface area (Å²) in [5.41, 5.74) is 8.59. The van der Waals surface area contributed by atoms with Crippen molar-refractivity contribution < 1.29 is 56.1 Å². The van der Waals surface area contributed by atoms with Crippen LogP contribution in [0, 0.1) is 25.5 Å². The first-order valence-corrected chi connectivity index (χ1v) is 12.3. The van der Waals surface area contributed by atoms with E-state index in [1.165, 1.54) is 35.5 Å². The van der Waals surface area contributed by atoms with Crippen molar-refractivity contribution in [3.8, 4) is 5.75 Å². The predicted molar refractivity (Wildman–Crippen MR) is 143 cm³/mol. The summed E-state index contributed by atoms with van der Waals surface area (Å²) in [4.78, 5) is 18.0. The van der Waals surface area contributed by atoms with E-state index in [4.69, 9.17) is 22.1 Å². The number of halogens is 1. The van der Waals surface area contributed by atoms with Crippen molar-refractivity contribution in [1.82, 2.24) is 9.97 Å². The largest absolute Gasteiger partial charge is 1.00 e. The first-order valence-electron chi connectivity index (χ1n) is 11.1. The third-order valence-electron chi connectivity index (χ3n) is 6.03. The number of aromatic amines is 1. The number of aromatic nitrogens is 2. The van der Waals surface area contributed by atoms with Gasteiger partial charge in [0.05, 0.1) is 12.1 Å². The van der Waals surface area contributed by atoms with E-state index in [1.807, 2.05) is 13.0 Å². The van der Waals surface area contributed by atoms with E-state index in [-0.39, 0.29) is 62.5 Å². The molecule has 1 aliphatic carbocycles. The molecule has 0 radical (unpaired) electrons. The third-order valence-corrected chi connectivity index (χ3v) is 7.58. The van der Waals surface area contributed by atoms with E-state index < -0.39 is 5.56 Å². The number of hydrogen-bond acceptors (Lipinski definition) is 5. The Morgan fingerprint density at radius 2 is 2.14 bits per heavy atom. The number of hydrogen-bond donors (Lipinski definition) is 2. The first kappa shape index (κ1) is 32.2. The number of nitrogens with zero attached hydrogens (tertiary/aromatic N) is 1. The van der Waals surface area contributed by atoms with E-state index in [0.29, 0.717) is 20.9 Å². The molecule has 0 spiro atoms. The summed E-state index contributed by atoms with van der Waals surface area (Å²) >= 11 is 7.26. The minimum Gasteiger partial charge on any atom is -0.497 e.